The van der Waals surface area contributed by atoms with E-state index < -0.39 is 0 Å². The molecule has 0 spiro atoms. The van der Waals surface area contributed by atoms with Crippen molar-refractivity contribution >= 4 is 18.3 Å². The normalized spacial score (nSPS) is 9.28. The molecule has 8 heteroatoms. The molecule has 0 unspecified atom stereocenters. The van der Waals surface area contributed by atoms with Crippen molar-refractivity contribution in [2.24, 2.45) is 5.73 Å². The van der Waals surface area contributed by atoms with E-state index in [0.717, 1.165) is 0 Å². The van der Waals surface area contributed by atoms with Crippen molar-refractivity contribution in [3.63, 3.8) is 0 Å². The molecule has 0 bridgehead atoms. The van der Waals surface area contributed by atoms with Gasteiger partial charge in [0, 0.05) is 6.54 Å². The second kappa shape index (κ2) is 8.48. The predicted octanol–water partition coefficient (Wildman–Crippen LogP) is -0.00580. The van der Waals surface area contributed by atoms with Crippen molar-refractivity contribution in [1.29, 1.82) is 0 Å². The maximum Gasteiger partial charge on any atom is 0.262 e. The van der Waals surface area contributed by atoms with Crippen LogP contribution in [0, 0.1) is 0 Å². The number of halogens is 1. The monoisotopic (exact) mass is 276 g/mol. The SMILES string of the molecule is COc1ncnc(OC)c1C(=O)NCCCN.Cl. The van der Waals surface area contributed by atoms with Gasteiger partial charge in [0.05, 0.1) is 14.2 Å². The molecule has 0 radical (unpaired) electrons. The highest BCUT2D eigenvalue weighted by Crippen LogP contribution is 2.22. The van der Waals surface area contributed by atoms with Gasteiger partial charge >= 0.3 is 0 Å². The van der Waals surface area contributed by atoms with Gasteiger partial charge in [-0.2, -0.15) is 0 Å². The molecular formula is C10H17ClN4O3. The van der Waals surface area contributed by atoms with Crippen LogP contribution in [0.3, 0.4) is 0 Å². The Labute approximate surface area is 111 Å². The molecule has 0 aliphatic rings. The van der Waals surface area contributed by atoms with Gasteiger partial charge in [0.1, 0.15) is 6.33 Å². The van der Waals surface area contributed by atoms with Crippen molar-refractivity contribution in [2.75, 3.05) is 27.3 Å². The zero-order valence-electron chi connectivity index (χ0n) is 10.3. The van der Waals surface area contributed by atoms with Crippen molar-refractivity contribution in [1.82, 2.24) is 15.3 Å². The van der Waals surface area contributed by atoms with E-state index in [1.807, 2.05) is 0 Å². The van der Waals surface area contributed by atoms with E-state index in [1.165, 1.54) is 20.5 Å². The van der Waals surface area contributed by atoms with Crippen LogP contribution in [0.25, 0.3) is 0 Å². The first-order valence-electron chi connectivity index (χ1n) is 5.15. The lowest BCUT2D eigenvalue weighted by molar-refractivity contribution is 0.0945. The summed E-state index contributed by atoms with van der Waals surface area (Å²) in [5.41, 5.74) is 5.53. The molecule has 1 aromatic rings. The molecule has 102 valence electrons. The minimum absolute atomic E-state index is 0. The van der Waals surface area contributed by atoms with Crippen LogP contribution in [-0.4, -0.2) is 43.2 Å². The summed E-state index contributed by atoms with van der Waals surface area (Å²) in [7, 11) is 2.86. The smallest absolute Gasteiger partial charge is 0.262 e. The Morgan fingerprint density at radius 2 is 1.89 bits per heavy atom. The number of amides is 1. The van der Waals surface area contributed by atoms with Crippen molar-refractivity contribution in [3.8, 4) is 11.8 Å². The summed E-state index contributed by atoms with van der Waals surface area (Å²) in [5.74, 6) is 0.0250. The topological polar surface area (TPSA) is 99.4 Å². The lowest BCUT2D eigenvalue weighted by atomic mass is 10.2. The van der Waals surface area contributed by atoms with Crippen molar-refractivity contribution < 1.29 is 14.3 Å². The zero-order chi connectivity index (χ0) is 12.7. The van der Waals surface area contributed by atoms with Crippen LogP contribution >= 0.6 is 12.4 Å². The van der Waals surface area contributed by atoms with Gasteiger partial charge in [-0.15, -0.1) is 12.4 Å². The Morgan fingerprint density at radius 1 is 1.33 bits per heavy atom. The van der Waals surface area contributed by atoms with Crippen LogP contribution in [0.2, 0.25) is 0 Å². The van der Waals surface area contributed by atoms with Gasteiger partial charge in [0.15, 0.2) is 5.56 Å². The Morgan fingerprint density at radius 3 is 2.33 bits per heavy atom. The average molecular weight is 277 g/mol. The quantitative estimate of drug-likeness (QED) is 0.709. The summed E-state index contributed by atoms with van der Waals surface area (Å²) in [6.45, 7) is 0.996. The van der Waals surface area contributed by atoms with Gasteiger partial charge in [0.25, 0.3) is 5.91 Å². The summed E-state index contributed by atoms with van der Waals surface area (Å²) in [6, 6.07) is 0. The molecule has 0 saturated carbocycles. The summed E-state index contributed by atoms with van der Waals surface area (Å²) < 4.78 is 10.00. The van der Waals surface area contributed by atoms with Crippen LogP contribution < -0.4 is 20.5 Å². The van der Waals surface area contributed by atoms with Gasteiger partial charge in [-0.3, -0.25) is 4.79 Å². The maximum atomic E-state index is 11.9. The van der Waals surface area contributed by atoms with Gasteiger partial charge < -0.3 is 20.5 Å². The molecule has 0 aromatic carbocycles. The number of hydrogen-bond acceptors (Lipinski definition) is 6. The number of ether oxygens (including phenoxy) is 2. The van der Waals surface area contributed by atoms with Crippen LogP contribution in [0.1, 0.15) is 16.8 Å². The lowest BCUT2D eigenvalue weighted by Crippen LogP contribution is -2.27. The third-order valence-electron chi connectivity index (χ3n) is 2.06. The van der Waals surface area contributed by atoms with Gasteiger partial charge in [-0.05, 0) is 13.0 Å². The van der Waals surface area contributed by atoms with Crippen LogP contribution in [-0.2, 0) is 0 Å². The van der Waals surface area contributed by atoms with E-state index in [2.05, 4.69) is 15.3 Å². The highest BCUT2D eigenvalue weighted by molar-refractivity contribution is 5.98. The van der Waals surface area contributed by atoms with E-state index in [0.29, 0.717) is 19.5 Å². The molecule has 0 fully saturated rings. The average Bonchev–Trinajstić information content (AvgIpc) is 2.37. The molecule has 1 aromatic heterocycles. The molecular weight excluding hydrogens is 260 g/mol. The van der Waals surface area contributed by atoms with E-state index in [-0.39, 0.29) is 35.6 Å². The van der Waals surface area contributed by atoms with Crippen LogP contribution in [0.5, 0.6) is 11.8 Å². The Hall–Kier alpha value is -1.60. The fourth-order valence-electron chi connectivity index (χ4n) is 1.25. The standard InChI is InChI=1S/C10H16N4O3.ClH/c1-16-9-7(8(15)12-5-3-4-11)10(17-2)14-6-13-9;/h6H,3-5,11H2,1-2H3,(H,12,15);1H. The summed E-state index contributed by atoms with van der Waals surface area (Å²) in [5, 5.41) is 2.69. The highest BCUT2D eigenvalue weighted by atomic mass is 35.5. The fraction of sp³-hybridized carbons (Fsp3) is 0.500. The number of nitrogens with one attached hydrogen (secondary N) is 1. The molecule has 18 heavy (non-hydrogen) atoms. The molecule has 3 N–H and O–H groups in total. The molecule has 0 aliphatic carbocycles. The highest BCUT2D eigenvalue weighted by Gasteiger charge is 2.20. The fourth-order valence-corrected chi connectivity index (χ4v) is 1.25. The van der Waals surface area contributed by atoms with E-state index >= 15 is 0 Å². The van der Waals surface area contributed by atoms with Gasteiger partial charge in [-0.1, -0.05) is 0 Å². The number of nitrogens with zero attached hydrogens (tertiary/aromatic N) is 2. The third-order valence-corrected chi connectivity index (χ3v) is 2.06. The first-order chi connectivity index (χ1) is 8.24. The molecule has 1 rings (SSSR count). The molecule has 7 nitrogen and oxygen atoms in total. The minimum Gasteiger partial charge on any atom is -0.480 e. The van der Waals surface area contributed by atoms with Crippen molar-refractivity contribution in [3.05, 3.63) is 11.9 Å². The largest absolute Gasteiger partial charge is 0.480 e. The first-order valence-corrected chi connectivity index (χ1v) is 5.15. The van der Waals surface area contributed by atoms with Gasteiger partial charge in [-0.25, -0.2) is 9.97 Å². The second-order valence-corrected chi connectivity index (χ2v) is 3.17. The summed E-state index contributed by atoms with van der Waals surface area (Å²) in [4.78, 5) is 19.6. The van der Waals surface area contributed by atoms with Crippen molar-refractivity contribution in [2.45, 2.75) is 6.42 Å². The maximum absolute atomic E-state index is 11.9. The zero-order valence-corrected chi connectivity index (χ0v) is 11.1. The Bertz CT molecular complexity index is 367. The predicted molar refractivity (Wildman–Crippen MR) is 68.4 cm³/mol. The Balaban J connectivity index is 0.00000289. The number of rotatable bonds is 6. The number of nitrogens with two attached hydrogens (primary N) is 1. The number of aromatic nitrogens is 2. The molecule has 1 heterocycles. The minimum atomic E-state index is -0.340. The lowest BCUT2D eigenvalue weighted by Gasteiger charge is -2.10. The molecule has 0 saturated heterocycles. The second-order valence-electron chi connectivity index (χ2n) is 3.17. The van der Waals surface area contributed by atoms with Crippen LogP contribution in [0.4, 0.5) is 0 Å². The Kier molecular flexibility index (Phi) is 7.73. The number of hydrogen-bond donors (Lipinski definition) is 2. The van der Waals surface area contributed by atoms with Gasteiger partial charge in [0.2, 0.25) is 11.8 Å². The van der Waals surface area contributed by atoms with E-state index in [1.54, 1.807) is 0 Å². The number of carbonyl (C=O) groups excluding carboxylic acids is 1. The number of methoxy groups -OCH3 is 2. The van der Waals surface area contributed by atoms with E-state index in [4.69, 9.17) is 15.2 Å². The third kappa shape index (κ3) is 4.01. The molecule has 0 atom stereocenters. The molecule has 1 amide bonds. The summed E-state index contributed by atoms with van der Waals surface area (Å²) in [6.07, 6.45) is 1.97. The molecule has 0 aliphatic heterocycles. The summed E-state index contributed by atoms with van der Waals surface area (Å²) >= 11 is 0. The van der Waals surface area contributed by atoms with E-state index in [9.17, 15) is 4.79 Å². The van der Waals surface area contributed by atoms with Crippen LogP contribution in [0.15, 0.2) is 6.33 Å². The number of carbonyl (C=O) groups is 1. The first kappa shape index (κ1) is 16.4.